The van der Waals surface area contributed by atoms with Gasteiger partial charge in [0.25, 0.3) is 17.1 Å². The van der Waals surface area contributed by atoms with Gasteiger partial charge in [0, 0.05) is 62.0 Å². The van der Waals surface area contributed by atoms with Crippen molar-refractivity contribution in [1.82, 2.24) is 0 Å². The second kappa shape index (κ2) is 33.4. The first kappa shape index (κ1) is 57.7. The molecule has 16 nitrogen and oxygen atoms in total. The van der Waals surface area contributed by atoms with Crippen molar-refractivity contribution < 1.29 is 78.0 Å². The van der Waals surface area contributed by atoms with Crippen LogP contribution < -0.4 is 29.6 Å². The Morgan fingerprint density at radius 1 is 0.717 bits per heavy atom. The molecule has 3 aromatic carbocycles. The van der Waals surface area contributed by atoms with Gasteiger partial charge in [0.1, 0.15) is 5.02 Å². The predicted octanol–water partition coefficient (Wildman–Crippen LogP) is 5.48. The molecule has 0 aliphatic carbocycles. The molecule has 3 aromatic rings. The number of aliphatic hydroxyl groups is 1. The molecule has 0 unspecified atom stereocenters. The van der Waals surface area contributed by atoms with Crippen molar-refractivity contribution in [2.45, 2.75) is 37.5 Å². The van der Waals surface area contributed by atoms with Crippen molar-refractivity contribution in [2.24, 2.45) is 0 Å². The van der Waals surface area contributed by atoms with Gasteiger partial charge in [-0.05, 0) is 70.3 Å². The van der Waals surface area contributed by atoms with Crippen molar-refractivity contribution in [3.63, 3.8) is 0 Å². The van der Waals surface area contributed by atoms with Gasteiger partial charge >= 0.3 is 47.5 Å². The Morgan fingerprint density at radius 3 is 1.38 bits per heavy atom. The summed E-state index contributed by atoms with van der Waals surface area (Å²) in [4.78, 5) is 64.7. The number of carbonyl (C=O) groups excluding carboxylic acids is 3. The Labute approximate surface area is 372 Å². The van der Waals surface area contributed by atoms with Crippen molar-refractivity contribution in [3.05, 3.63) is 107 Å². The van der Waals surface area contributed by atoms with Crippen molar-refractivity contribution in [3.8, 4) is 0 Å². The van der Waals surface area contributed by atoms with Crippen molar-refractivity contribution >= 4 is 122 Å². The van der Waals surface area contributed by atoms with Crippen LogP contribution in [0.5, 0.6) is 0 Å². The van der Waals surface area contributed by atoms with Gasteiger partial charge in [-0.15, -0.1) is 24.4 Å². The summed E-state index contributed by atoms with van der Waals surface area (Å²) in [6.07, 6.45) is 1.74. The molecule has 0 heterocycles. The molecule has 1 N–H and O–H groups in total. The second-order valence-corrected chi connectivity index (χ2v) is 10.2. The molecular formula is C30H35ClI2N3NaO13S3. The summed E-state index contributed by atoms with van der Waals surface area (Å²) < 4.78 is 14.2. The van der Waals surface area contributed by atoms with Crippen molar-refractivity contribution in [2.75, 3.05) is 32.7 Å². The first-order chi connectivity index (χ1) is 24.1. The zero-order chi connectivity index (χ0) is 39.7. The third kappa shape index (κ3) is 22.2. The molecule has 0 bridgehead atoms. The van der Waals surface area contributed by atoms with E-state index in [1.54, 1.807) is 40.0 Å². The Hall–Kier alpha value is -1.97. The fraction of sp³-hybridized carbons (Fsp3) is 0.300. The Balaban J connectivity index is -0.000000314. The molecule has 0 aliphatic rings. The number of thiol groups is 2. The second-order valence-electron chi connectivity index (χ2n) is 8.51. The summed E-state index contributed by atoms with van der Waals surface area (Å²) in [5.41, 5.74) is -0.107. The Bertz CT molecular complexity index is 1570. The molecule has 0 fully saturated rings. The van der Waals surface area contributed by atoms with Gasteiger partial charge in [-0.25, -0.2) is 14.4 Å². The zero-order valence-corrected chi connectivity index (χ0v) is 38.8. The van der Waals surface area contributed by atoms with Crippen LogP contribution in [0.4, 0.5) is 17.1 Å². The molecule has 53 heavy (non-hydrogen) atoms. The summed E-state index contributed by atoms with van der Waals surface area (Å²) in [6.45, 7) is 7.63. The van der Waals surface area contributed by atoms with Gasteiger partial charge in [-0.1, -0.05) is 11.6 Å². The van der Waals surface area contributed by atoms with E-state index in [9.17, 15) is 44.7 Å². The molecule has 0 aliphatic heterocycles. The fourth-order valence-electron chi connectivity index (χ4n) is 3.18. The van der Waals surface area contributed by atoms with Crippen LogP contribution in [0.2, 0.25) is 5.02 Å². The average molecular weight is 1050 g/mol. The van der Waals surface area contributed by atoms with E-state index in [-0.39, 0.29) is 113 Å². The molecule has 0 spiro atoms. The van der Waals surface area contributed by atoms with Crippen LogP contribution in [0.15, 0.2) is 64.4 Å². The zero-order valence-electron chi connectivity index (χ0n) is 29.1. The smallest absolute Gasteiger partial charge is 0.813 e. The Morgan fingerprint density at radius 2 is 1.04 bits per heavy atom. The standard InChI is InChI=1S/C10H11NO4S.C9H8ClNO4.C9H9NO4S.C2H6O.I2.Na.H2S/c1-3-15-10(12)7-4-5-9(16-2)8(6-7)11(13)14;1-2-15-9(12)6-3-4-7(10)8(5-6)11(13)14;1-2-14-9(11)6-3-4-8(15)7(5-6)10(12)13;1-2-3;1-2;;/h4-6H,3H2,1-2H3;3-5H,2H2,1H3;3-5,15H,2H2,1H3;3H,2H2,1H3;;;1H2/q;;;;;+1;/p-1. The van der Waals surface area contributed by atoms with E-state index >= 15 is 0 Å². The third-order valence-electron chi connectivity index (χ3n) is 5.22. The summed E-state index contributed by atoms with van der Waals surface area (Å²) in [5, 5.41) is 39.4. The molecule has 0 saturated carbocycles. The largest absolute Gasteiger partial charge is 1.00 e. The number of carbonyl (C=O) groups is 3. The molecule has 3 rings (SSSR count). The third-order valence-corrected chi connectivity index (χ3v) is 6.71. The van der Waals surface area contributed by atoms with Gasteiger partial charge in [0.05, 0.1) is 61.1 Å². The van der Waals surface area contributed by atoms with E-state index in [1.165, 1.54) is 48.2 Å². The van der Waals surface area contributed by atoms with Crippen molar-refractivity contribution in [1.29, 1.82) is 0 Å². The van der Waals surface area contributed by atoms with Crippen LogP contribution in [0.1, 0.15) is 58.8 Å². The Kier molecular flexibility index (Phi) is 36.4. The minimum absolute atomic E-state index is 0. The van der Waals surface area contributed by atoms with Gasteiger partial charge in [-0.3, -0.25) is 30.3 Å². The molecule has 288 valence electrons. The van der Waals surface area contributed by atoms with Crippen LogP contribution in [-0.4, -0.2) is 70.5 Å². The first-order valence-corrected chi connectivity index (χ1v) is 22.5. The molecule has 23 heteroatoms. The number of halogens is 3. The first-order valence-electron chi connectivity index (χ1n) is 14.1. The molecule has 0 radical (unpaired) electrons. The van der Waals surface area contributed by atoms with Gasteiger partial charge in [0.15, 0.2) is 0 Å². The fourth-order valence-corrected chi connectivity index (χ4v) is 4.13. The number of esters is 3. The monoisotopic (exact) mass is 1050 g/mol. The van der Waals surface area contributed by atoms with Crippen LogP contribution in [0.3, 0.4) is 0 Å². The average Bonchev–Trinajstić information content (AvgIpc) is 3.10. The van der Waals surface area contributed by atoms with E-state index in [0.29, 0.717) is 4.90 Å². The number of rotatable bonds is 10. The maximum atomic E-state index is 11.4. The molecule has 0 saturated heterocycles. The number of nitro benzene ring substituents is 3. The molecular weight excluding hydrogens is 1020 g/mol. The van der Waals surface area contributed by atoms with Gasteiger partial charge in [0.2, 0.25) is 0 Å². The van der Waals surface area contributed by atoms with E-state index in [2.05, 4.69) is 49.9 Å². The SMILES string of the molecule is CCO.CCOC(=O)c1ccc(Cl)c([N+](=O)[O-])c1.CCOC(=O)c1ccc(S)c([N+](=O)[O-])c1.CCOC(=O)c1ccc(SC)c([N+](=O)[O-])c1.II.[Na+].[SH-]. The number of thioether (sulfide) groups is 1. The van der Waals surface area contributed by atoms with Gasteiger partial charge in [-0.2, -0.15) is 0 Å². The molecule has 0 amide bonds. The minimum atomic E-state index is -0.648. The van der Waals surface area contributed by atoms with Crippen LogP contribution >= 0.6 is 73.2 Å². The summed E-state index contributed by atoms with van der Waals surface area (Å²) in [7, 11) is 0. The quantitative estimate of drug-likeness (QED) is 0.0295. The van der Waals surface area contributed by atoms with Crippen LogP contribution in [0, 0.1) is 30.3 Å². The maximum Gasteiger partial charge on any atom is 1.00 e. The maximum absolute atomic E-state index is 11.4. The van der Waals surface area contributed by atoms with E-state index in [0.717, 1.165) is 12.1 Å². The summed E-state index contributed by atoms with van der Waals surface area (Å²) in [5.74, 6) is -1.72. The number of nitrogens with zero attached hydrogens (tertiary/aromatic N) is 3. The number of ether oxygens (including phenoxy) is 3. The van der Waals surface area contributed by atoms with E-state index < -0.39 is 32.7 Å². The number of hydrogen-bond acceptors (Lipinski definition) is 16. The van der Waals surface area contributed by atoms with E-state index in [4.69, 9.17) is 30.9 Å². The number of nitro groups is 3. The number of hydrogen-bond donors (Lipinski definition) is 2. The molecule has 0 atom stereocenters. The van der Waals surface area contributed by atoms with E-state index in [1.807, 2.05) is 0 Å². The molecule has 0 aromatic heterocycles. The predicted molar refractivity (Wildman–Crippen MR) is 221 cm³/mol. The minimum Gasteiger partial charge on any atom is -0.813 e. The normalized spacial score (nSPS) is 8.94. The van der Waals surface area contributed by atoms with Gasteiger partial charge < -0.3 is 32.8 Å². The summed E-state index contributed by atoms with van der Waals surface area (Å²) >= 11 is 15.0. The van der Waals surface area contributed by atoms with Crippen LogP contribution in [0.25, 0.3) is 0 Å². The number of aliphatic hydroxyl groups excluding tert-OH is 1. The number of benzene rings is 3. The summed E-state index contributed by atoms with van der Waals surface area (Å²) in [6, 6.07) is 12.1. The van der Waals surface area contributed by atoms with Crippen LogP contribution in [-0.2, 0) is 27.7 Å². The topological polar surface area (TPSA) is 229 Å².